The largest absolute Gasteiger partial charge is 0.305 e. The van der Waals surface area contributed by atoms with Crippen LogP contribution in [0.2, 0.25) is 0 Å². The van der Waals surface area contributed by atoms with Crippen LogP contribution in [0.4, 0.5) is 0 Å². The van der Waals surface area contributed by atoms with E-state index < -0.39 is 0 Å². The molecule has 1 radical (unpaired) electrons. The van der Waals surface area contributed by atoms with Crippen molar-refractivity contribution < 1.29 is 20.1 Å². The van der Waals surface area contributed by atoms with Crippen LogP contribution in [0.25, 0.3) is 22.5 Å². The molecule has 2 heterocycles. The SMILES string of the molecule is CC(c1ccccc1)c1cc[c-]c(-c2ccccn2)c1.Cc1c[c-]c(-c2cc(C)c(CC(C)C)cn2)cc1.[Ir]. The molecule has 1 atom stereocenters. The van der Waals surface area contributed by atoms with Gasteiger partial charge in [0.1, 0.15) is 0 Å². The van der Waals surface area contributed by atoms with Gasteiger partial charge in [-0.2, -0.15) is 0 Å². The maximum atomic E-state index is 4.56. The summed E-state index contributed by atoms with van der Waals surface area (Å²) >= 11 is 0. The number of pyridine rings is 2. The molecular formula is C36H36IrN2-2. The third-order valence-electron chi connectivity index (χ3n) is 6.66. The molecule has 1 unspecified atom stereocenters. The summed E-state index contributed by atoms with van der Waals surface area (Å²) in [5.41, 5.74) is 10.6. The number of hydrogen-bond donors (Lipinski definition) is 0. The first-order valence-corrected chi connectivity index (χ1v) is 13.3. The molecule has 3 heteroatoms. The molecule has 201 valence electrons. The van der Waals surface area contributed by atoms with E-state index in [2.05, 4.69) is 111 Å². The third-order valence-corrected chi connectivity index (χ3v) is 6.66. The van der Waals surface area contributed by atoms with Crippen molar-refractivity contribution in [1.82, 2.24) is 9.97 Å². The Balaban J connectivity index is 0.000000211. The second-order valence-corrected chi connectivity index (χ2v) is 10.3. The average Bonchev–Trinajstić information content (AvgIpc) is 2.95. The van der Waals surface area contributed by atoms with Gasteiger partial charge in [0.25, 0.3) is 0 Å². The Bertz CT molecular complexity index is 1430. The Kier molecular flexibility index (Phi) is 11.3. The molecule has 0 N–H and O–H groups in total. The van der Waals surface area contributed by atoms with Crippen molar-refractivity contribution in [1.29, 1.82) is 0 Å². The molecule has 0 bridgehead atoms. The fourth-order valence-corrected chi connectivity index (χ4v) is 4.40. The molecule has 2 nitrogen and oxygen atoms in total. The van der Waals surface area contributed by atoms with Gasteiger partial charge >= 0.3 is 0 Å². The first-order valence-electron chi connectivity index (χ1n) is 13.3. The predicted octanol–water partition coefficient (Wildman–Crippen LogP) is 9.06. The van der Waals surface area contributed by atoms with Crippen molar-refractivity contribution in [2.75, 3.05) is 0 Å². The minimum absolute atomic E-state index is 0. The summed E-state index contributed by atoms with van der Waals surface area (Å²) < 4.78 is 0. The van der Waals surface area contributed by atoms with E-state index in [1.165, 1.54) is 27.8 Å². The Morgan fingerprint density at radius 3 is 2.13 bits per heavy atom. The molecule has 2 aromatic heterocycles. The molecule has 0 aliphatic carbocycles. The third kappa shape index (κ3) is 8.55. The van der Waals surface area contributed by atoms with Crippen LogP contribution in [-0.4, -0.2) is 9.97 Å². The maximum Gasteiger partial charge on any atom is 0.0195 e. The summed E-state index contributed by atoms with van der Waals surface area (Å²) in [7, 11) is 0. The maximum absolute atomic E-state index is 4.56. The van der Waals surface area contributed by atoms with Gasteiger partial charge in [-0.3, -0.25) is 0 Å². The number of nitrogens with zero attached hydrogens (tertiary/aromatic N) is 2. The van der Waals surface area contributed by atoms with Gasteiger partial charge in [-0.05, 0) is 53.8 Å². The van der Waals surface area contributed by atoms with Gasteiger partial charge in [-0.1, -0.05) is 81.8 Å². The van der Waals surface area contributed by atoms with E-state index in [0.29, 0.717) is 11.8 Å². The van der Waals surface area contributed by atoms with Gasteiger partial charge in [-0.15, -0.1) is 70.8 Å². The van der Waals surface area contributed by atoms with Gasteiger partial charge in [0, 0.05) is 32.5 Å². The van der Waals surface area contributed by atoms with E-state index in [9.17, 15) is 0 Å². The average molecular weight is 689 g/mol. The fraction of sp³-hybridized carbons (Fsp3) is 0.222. The summed E-state index contributed by atoms with van der Waals surface area (Å²) in [6, 6.07) is 37.7. The number of benzene rings is 3. The Labute approximate surface area is 248 Å². The van der Waals surface area contributed by atoms with Gasteiger partial charge < -0.3 is 9.97 Å². The van der Waals surface area contributed by atoms with Gasteiger partial charge in [0.2, 0.25) is 0 Å². The molecule has 39 heavy (non-hydrogen) atoms. The minimum atomic E-state index is 0. The van der Waals surface area contributed by atoms with Crippen LogP contribution in [0.3, 0.4) is 0 Å². The summed E-state index contributed by atoms with van der Waals surface area (Å²) in [6.07, 6.45) is 4.92. The summed E-state index contributed by atoms with van der Waals surface area (Å²) in [4.78, 5) is 8.95. The minimum Gasteiger partial charge on any atom is -0.305 e. The van der Waals surface area contributed by atoms with E-state index in [-0.39, 0.29) is 20.1 Å². The molecule has 5 rings (SSSR count). The van der Waals surface area contributed by atoms with Gasteiger partial charge in [0.05, 0.1) is 0 Å². The fourth-order valence-electron chi connectivity index (χ4n) is 4.40. The summed E-state index contributed by atoms with van der Waals surface area (Å²) in [6.45, 7) is 10.9. The van der Waals surface area contributed by atoms with Crippen LogP contribution in [0.1, 0.15) is 54.5 Å². The summed E-state index contributed by atoms with van der Waals surface area (Å²) in [5, 5.41) is 0. The second kappa shape index (κ2) is 14.7. The van der Waals surface area contributed by atoms with Crippen molar-refractivity contribution >= 4 is 0 Å². The van der Waals surface area contributed by atoms with Crippen molar-refractivity contribution in [2.45, 2.75) is 47.0 Å². The zero-order valence-corrected chi connectivity index (χ0v) is 25.8. The molecule has 0 saturated carbocycles. The number of aromatic nitrogens is 2. The van der Waals surface area contributed by atoms with E-state index in [1.807, 2.05) is 48.8 Å². The summed E-state index contributed by atoms with van der Waals surface area (Å²) in [5.74, 6) is 1.04. The van der Waals surface area contributed by atoms with Crippen molar-refractivity contribution in [3.05, 3.63) is 143 Å². The first kappa shape index (κ1) is 30.2. The van der Waals surface area contributed by atoms with Crippen LogP contribution >= 0.6 is 0 Å². The standard InChI is InChI=1S/C19H16N.C17H20N.Ir/c1-15(16-8-3-2-4-9-16)17-10-7-11-18(14-17)19-12-5-6-13-20-19;1-12(2)9-16-11-18-17(10-14(16)4)15-7-5-13(3)6-8-15;/h2-10,12-15H,1H3;5-7,10-12H,9H2,1-4H3;/q2*-1;. The number of hydrogen-bond acceptors (Lipinski definition) is 2. The molecule has 0 amide bonds. The van der Waals surface area contributed by atoms with Crippen molar-refractivity contribution in [3.8, 4) is 22.5 Å². The topological polar surface area (TPSA) is 25.8 Å². The molecule has 0 fully saturated rings. The van der Waals surface area contributed by atoms with E-state index in [0.717, 1.165) is 28.9 Å². The molecule has 0 aliphatic rings. The van der Waals surface area contributed by atoms with E-state index in [4.69, 9.17) is 0 Å². The molecule has 0 aliphatic heterocycles. The van der Waals surface area contributed by atoms with Crippen LogP contribution in [0, 0.1) is 31.9 Å². The number of rotatable bonds is 6. The van der Waals surface area contributed by atoms with Crippen molar-refractivity contribution in [3.63, 3.8) is 0 Å². The normalized spacial score (nSPS) is 11.2. The van der Waals surface area contributed by atoms with Crippen LogP contribution in [-0.2, 0) is 26.5 Å². The monoisotopic (exact) mass is 689 g/mol. The molecule has 0 spiro atoms. The van der Waals surface area contributed by atoms with Crippen LogP contribution < -0.4 is 0 Å². The molecular weight excluding hydrogens is 653 g/mol. The Hall–Kier alpha value is -3.39. The van der Waals surface area contributed by atoms with Crippen LogP contribution in [0.15, 0.2) is 103 Å². The van der Waals surface area contributed by atoms with E-state index in [1.54, 1.807) is 0 Å². The van der Waals surface area contributed by atoms with Gasteiger partial charge in [0.15, 0.2) is 0 Å². The van der Waals surface area contributed by atoms with Crippen molar-refractivity contribution in [2.24, 2.45) is 5.92 Å². The smallest absolute Gasteiger partial charge is 0.0195 e. The molecule has 0 saturated heterocycles. The van der Waals surface area contributed by atoms with Gasteiger partial charge in [-0.25, -0.2) is 0 Å². The predicted molar refractivity (Wildman–Crippen MR) is 159 cm³/mol. The quantitative estimate of drug-likeness (QED) is 0.167. The first-order chi connectivity index (χ1) is 18.4. The molecule has 3 aromatic carbocycles. The van der Waals surface area contributed by atoms with Crippen LogP contribution in [0.5, 0.6) is 0 Å². The Morgan fingerprint density at radius 1 is 0.718 bits per heavy atom. The zero-order valence-electron chi connectivity index (χ0n) is 23.4. The molecule has 5 aromatic rings. The van der Waals surface area contributed by atoms with E-state index >= 15 is 0 Å². The number of aryl methyl sites for hydroxylation is 2. The zero-order chi connectivity index (χ0) is 26.9. The Morgan fingerprint density at radius 2 is 1.49 bits per heavy atom. The second-order valence-electron chi connectivity index (χ2n) is 10.3.